The van der Waals surface area contributed by atoms with Crippen LogP contribution in [-0.2, 0) is 0 Å². The molecule has 0 aromatic heterocycles. The molecule has 1 aliphatic carbocycles. The molecular weight excluding hydrogens is 248 g/mol. The fraction of sp³-hybridized carbons (Fsp3) is 0.588. The summed E-state index contributed by atoms with van der Waals surface area (Å²) in [5.74, 6) is 1.57. The Labute approximate surface area is 122 Å². The van der Waals surface area contributed by atoms with Gasteiger partial charge in [-0.1, -0.05) is 19.8 Å². The third-order valence-corrected chi connectivity index (χ3v) is 4.44. The zero-order valence-corrected chi connectivity index (χ0v) is 12.8. The number of hydrogen-bond acceptors (Lipinski definition) is 2. The summed E-state index contributed by atoms with van der Waals surface area (Å²) >= 11 is 0. The molecule has 1 saturated carbocycles. The molecule has 1 aromatic carbocycles. The minimum absolute atomic E-state index is 0.0503. The Morgan fingerprint density at radius 3 is 2.55 bits per heavy atom. The fourth-order valence-corrected chi connectivity index (χ4v) is 2.96. The lowest BCUT2D eigenvalue weighted by molar-refractivity contribution is 0.0942. The van der Waals surface area contributed by atoms with Crippen LogP contribution in [0.1, 0.15) is 48.5 Å². The molecule has 0 heterocycles. The largest absolute Gasteiger partial charge is 0.388 e. The molecular formula is C17H26N2O. The van der Waals surface area contributed by atoms with Crippen molar-refractivity contribution in [1.82, 2.24) is 5.32 Å². The van der Waals surface area contributed by atoms with E-state index in [1.54, 1.807) is 0 Å². The lowest BCUT2D eigenvalue weighted by atomic mass is 9.83. The highest BCUT2D eigenvalue weighted by atomic mass is 16.1. The highest BCUT2D eigenvalue weighted by molar-refractivity contribution is 5.94. The van der Waals surface area contributed by atoms with Gasteiger partial charge in [-0.05, 0) is 55.4 Å². The number of carbonyl (C=O) groups excluding carboxylic acids is 1. The van der Waals surface area contributed by atoms with Crippen LogP contribution >= 0.6 is 0 Å². The van der Waals surface area contributed by atoms with E-state index in [0.717, 1.165) is 29.3 Å². The van der Waals surface area contributed by atoms with Crippen molar-refractivity contribution >= 4 is 11.6 Å². The van der Waals surface area contributed by atoms with Gasteiger partial charge in [-0.3, -0.25) is 4.79 Å². The van der Waals surface area contributed by atoms with Crippen molar-refractivity contribution in [2.75, 3.05) is 18.9 Å². The van der Waals surface area contributed by atoms with Crippen LogP contribution in [0.15, 0.2) is 18.2 Å². The molecule has 3 nitrogen and oxygen atoms in total. The summed E-state index contributed by atoms with van der Waals surface area (Å²) in [6, 6.07) is 5.80. The van der Waals surface area contributed by atoms with Crippen LogP contribution in [0, 0.1) is 18.8 Å². The third-order valence-electron chi connectivity index (χ3n) is 4.44. The van der Waals surface area contributed by atoms with Gasteiger partial charge < -0.3 is 10.6 Å². The maximum Gasteiger partial charge on any atom is 0.251 e. The number of nitrogens with one attached hydrogen (secondary N) is 2. The molecule has 0 atom stereocenters. The first-order chi connectivity index (χ1) is 9.60. The SMILES string of the molecule is CNc1ccc(C(=O)NCC2CCC(C)CC2)cc1C. The number of hydrogen-bond donors (Lipinski definition) is 2. The molecule has 3 heteroatoms. The number of aryl methyl sites for hydroxylation is 1. The van der Waals surface area contributed by atoms with Crippen LogP contribution in [0.25, 0.3) is 0 Å². The van der Waals surface area contributed by atoms with E-state index in [2.05, 4.69) is 17.6 Å². The molecule has 2 N–H and O–H groups in total. The van der Waals surface area contributed by atoms with Gasteiger partial charge in [-0.2, -0.15) is 0 Å². The van der Waals surface area contributed by atoms with E-state index in [0.29, 0.717) is 5.92 Å². The van der Waals surface area contributed by atoms with Crippen molar-refractivity contribution in [3.05, 3.63) is 29.3 Å². The second-order valence-electron chi connectivity index (χ2n) is 6.12. The predicted octanol–water partition coefficient (Wildman–Crippen LogP) is 3.59. The van der Waals surface area contributed by atoms with Gasteiger partial charge in [0.1, 0.15) is 0 Å². The van der Waals surface area contributed by atoms with Crippen LogP contribution in [0.5, 0.6) is 0 Å². The minimum atomic E-state index is 0.0503. The Bertz CT molecular complexity index is 462. The maximum atomic E-state index is 12.2. The molecule has 2 rings (SSSR count). The average molecular weight is 274 g/mol. The van der Waals surface area contributed by atoms with Crippen molar-refractivity contribution < 1.29 is 4.79 Å². The van der Waals surface area contributed by atoms with Crippen molar-refractivity contribution in [1.29, 1.82) is 0 Å². The van der Waals surface area contributed by atoms with Crippen LogP contribution in [0.3, 0.4) is 0 Å². The van der Waals surface area contributed by atoms with Crippen LogP contribution in [0.2, 0.25) is 0 Å². The highest BCUT2D eigenvalue weighted by Crippen LogP contribution is 2.27. The van der Waals surface area contributed by atoms with Crippen LogP contribution in [0.4, 0.5) is 5.69 Å². The number of anilines is 1. The Hall–Kier alpha value is -1.51. The molecule has 0 bridgehead atoms. The van der Waals surface area contributed by atoms with Crippen LogP contribution in [-0.4, -0.2) is 19.5 Å². The summed E-state index contributed by atoms with van der Waals surface area (Å²) in [5.41, 5.74) is 2.93. The first kappa shape index (κ1) is 14.9. The molecule has 20 heavy (non-hydrogen) atoms. The van der Waals surface area contributed by atoms with Gasteiger partial charge in [0.05, 0.1) is 0 Å². The van der Waals surface area contributed by atoms with Gasteiger partial charge in [-0.25, -0.2) is 0 Å². The summed E-state index contributed by atoms with van der Waals surface area (Å²) in [4.78, 5) is 12.2. The lowest BCUT2D eigenvalue weighted by Crippen LogP contribution is -2.31. The lowest BCUT2D eigenvalue weighted by Gasteiger charge is -2.26. The van der Waals surface area contributed by atoms with E-state index in [1.807, 2.05) is 32.2 Å². The standard InChI is InChI=1S/C17H26N2O/c1-12-4-6-14(7-5-12)11-19-17(20)15-8-9-16(18-3)13(2)10-15/h8-10,12,14,18H,4-7,11H2,1-3H3,(H,19,20). The van der Waals surface area contributed by atoms with Gasteiger partial charge in [0.25, 0.3) is 5.91 Å². The smallest absolute Gasteiger partial charge is 0.251 e. The predicted molar refractivity (Wildman–Crippen MR) is 84.2 cm³/mol. The molecule has 0 saturated heterocycles. The van der Waals surface area contributed by atoms with Gasteiger partial charge in [0.15, 0.2) is 0 Å². The topological polar surface area (TPSA) is 41.1 Å². The Morgan fingerprint density at radius 1 is 1.25 bits per heavy atom. The second-order valence-corrected chi connectivity index (χ2v) is 6.12. The van der Waals surface area contributed by atoms with E-state index < -0.39 is 0 Å². The fourth-order valence-electron chi connectivity index (χ4n) is 2.96. The van der Waals surface area contributed by atoms with Gasteiger partial charge in [0.2, 0.25) is 0 Å². The summed E-state index contributed by atoms with van der Waals surface area (Å²) < 4.78 is 0. The minimum Gasteiger partial charge on any atom is -0.388 e. The summed E-state index contributed by atoms with van der Waals surface area (Å²) in [7, 11) is 1.89. The van der Waals surface area contributed by atoms with Crippen molar-refractivity contribution in [2.45, 2.75) is 39.5 Å². The van der Waals surface area contributed by atoms with Crippen molar-refractivity contribution in [2.24, 2.45) is 11.8 Å². The summed E-state index contributed by atoms with van der Waals surface area (Å²) in [6.45, 7) is 5.16. The summed E-state index contributed by atoms with van der Waals surface area (Å²) in [5, 5.41) is 6.21. The summed E-state index contributed by atoms with van der Waals surface area (Å²) in [6.07, 6.45) is 5.10. The first-order valence-electron chi connectivity index (χ1n) is 7.66. The van der Waals surface area contributed by atoms with Gasteiger partial charge in [0, 0.05) is 24.8 Å². The molecule has 1 amide bonds. The monoisotopic (exact) mass is 274 g/mol. The zero-order chi connectivity index (χ0) is 14.5. The van der Waals surface area contributed by atoms with Gasteiger partial charge >= 0.3 is 0 Å². The van der Waals surface area contributed by atoms with E-state index in [-0.39, 0.29) is 5.91 Å². The Morgan fingerprint density at radius 2 is 1.95 bits per heavy atom. The number of carbonyl (C=O) groups is 1. The van der Waals surface area contributed by atoms with E-state index >= 15 is 0 Å². The number of rotatable bonds is 4. The molecule has 1 fully saturated rings. The van der Waals surface area contributed by atoms with Crippen LogP contribution < -0.4 is 10.6 Å². The Balaban J connectivity index is 1.87. The molecule has 1 aliphatic rings. The second kappa shape index (κ2) is 6.78. The average Bonchev–Trinajstić information content (AvgIpc) is 2.46. The number of amides is 1. The van der Waals surface area contributed by atoms with Crippen molar-refractivity contribution in [3.63, 3.8) is 0 Å². The third kappa shape index (κ3) is 3.75. The Kier molecular flexibility index (Phi) is 5.05. The molecule has 0 spiro atoms. The first-order valence-corrected chi connectivity index (χ1v) is 7.66. The highest BCUT2D eigenvalue weighted by Gasteiger charge is 2.18. The molecule has 0 unspecified atom stereocenters. The molecule has 110 valence electrons. The van der Waals surface area contributed by atoms with E-state index in [4.69, 9.17) is 0 Å². The maximum absolute atomic E-state index is 12.2. The zero-order valence-electron chi connectivity index (χ0n) is 12.8. The van der Waals surface area contributed by atoms with Gasteiger partial charge in [-0.15, -0.1) is 0 Å². The van der Waals surface area contributed by atoms with Crippen molar-refractivity contribution in [3.8, 4) is 0 Å². The normalized spacial score (nSPS) is 22.4. The van der Waals surface area contributed by atoms with E-state index in [1.165, 1.54) is 25.7 Å². The number of benzene rings is 1. The molecule has 0 aliphatic heterocycles. The molecule has 0 radical (unpaired) electrons. The molecule has 1 aromatic rings. The quantitative estimate of drug-likeness (QED) is 0.881. The van der Waals surface area contributed by atoms with E-state index in [9.17, 15) is 4.79 Å².